The zero-order valence-corrected chi connectivity index (χ0v) is 10.3. The molecule has 92 valence electrons. The predicted molar refractivity (Wildman–Crippen MR) is 60.6 cm³/mol. The molecule has 2 fully saturated rings. The number of rotatable bonds is 3. The number of sulfone groups is 1. The summed E-state index contributed by atoms with van der Waals surface area (Å²) in [7, 11) is -2.92. The monoisotopic (exact) mass is 246 g/mol. The molecule has 0 radical (unpaired) electrons. The number of nitrogens with one attached hydrogen (secondary N) is 1. The fourth-order valence-electron chi connectivity index (χ4n) is 2.54. The summed E-state index contributed by atoms with van der Waals surface area (Å²) < 4.78 is 22.8. The van der Waals surface area contributed by atoms with Crippen molar-refractivity contribution in [1.82, 2.24) is 10.2 Å². The fourth-order valence-corrected chi connectivity index (χ4v) is 4.25. The molecule has 2 rings (SSSR count). The zero-order valence-electron chi connectivity index (χ0n) is 9.48. The van der Waals surface area contributed by atoms with Gasteiger partial charge in [0.2, 0.25) is 5.91 Å². The van der Waals surface area contributed by atoms with Gasteiger partial charge in [-0.3, -0.25) is 10.1 Å². The van der Waals surface area contributed by atoms with Gasteiger partial charge < -0.3 is 4.90 Å². The van der Waals surface area contributed by atoms with E-state index in [4.69, 9.17) is 0 Å². The van der Waals surface area contributed by atoms with Crippen LogP contribution in [0.2, 0.25) is 0 Å². The van der Waals surface area contributed by atoms with Crippen molar-refractivity contribution in [3.05, 3.63) is 0 Å². The highest BCUT2D eigenvalue weighted by molar-refractivity contribution is 7.91. The van der Waals surface area contributed by atoms with Crippen molar-refractivity contribution in [2.75, 3.05) is 18.1 Å². The molecular weight excluding hydrogens is 228 g/mol. The highest BCUT2D eigenvalue weighted by Gasteiger charge is 2.40. The lowest BCUT2D eigenvalue weighted by atomic mass is 10.2. The summed E-state index contributed by atoms with van der Waals surface area (Å²) in [4.78, 5) is 13.5. The van der Waals surface area contributed by atoms with Gasteiger partial charge in [-0.25, -0.2) is 8.42 Å². The summed E-state index contributed by atoms with van der Waals surface area (Å²) in [6, 6.07) is -0.107. The van der Waals surface area contributed by atoms with Crippen molar-refractivity contribution in [3.8, 4) is 0 Å². The number of carbonyl (C=O) groups is 1. The van der Waals surface area contributed by atoms with E-state index in [0.717, 1.165) is 12.8 Å². The van der Waals surface area contributed by atoms with Crippen LogP contribution in [0.25, 0.3) is 0 Å². The van der Waals surface area contributed by atoms with Crippen molar-refractivity contribution >= 4 is 15.7 Å². The summed E-state index contributed by atoms with van der Waals surface area (Å²) in [6.45, 7) is 2.41. The third-order valence-corrected chi connectivity index (χ3v) is 5.03. The van der Waals surface area contributed by atoms with Gasteiger partial charge in [0.15, 0.2) is 9.84 Å². The Bertz CT molecular complexity index is 380. The van der Waals surface area contributed by atoms with Crippen LogP contribution in [0.4, 0.5) is 0 Å². The van der Waals surface area contributed by atoms with Crippen molar-refractivity contribution in [1.29, 1.82) is 0 Å². The van der Waals surface area contributed by atoms with E-state index >= 15 is 0 Å². The Labute approximate surface area is 96.1 Å². The van der Waals surface area contributed by atoms with Crippen LogP contribution >= 0.6 is 0 Å². The van der Waals surface area contributed by atoms with Crippen LogP contribution in [-0.4, -0.2) is 49.5 Å². The second-order valence-electron chi connectivity index (χ2n) is 4.54. The maximum Gasteiger partial charge on any atom is 0.238 e. The van der Waals surface area contributed by atoms with Crippen molar-refractivity contribution in [2.45, 2.75) is 38.4 Å². The van der Waals surface area contributed by atoms with E-state index in [1.54, 1.807) is 4.90 Å². The molecule has 0 spiro atoms. The highest BCUT2D eigenvalue weighted by atomic mass is 32.2. The minimum atomic E-state index is -2.92. The van der Waals surface area contributed by atoms with Gasteiger partial charge in [-0.1, -0.05) is 13.3 Å². The molecule has 1 amide bonds. The third-order valence-electron chi connectivity index (χ3n) is 3.28. The summed E-state index contributed by atoms with van der Waals surface area (Å²) in [6.07, 6.45) is 2.51. The Morgan fingerprint density at radius 1 is 1.50 bits per heavy atom. The average molecular weight is 246 g/mol. The summed E-state index contributed by atoms with van der Waals surface area (Å²) in [5.41, 5.74) is 0. The first-order valence-electron chi connectivity index (χ1n) is 5.78. The van der Waals surface area contributed by atoms with E-state index in [1.165, 1.54) is 0 Å². The van der Waals surface area contributed by atoms with Crippen LogP contribution in [0.3, 0.4) is 0 Å². The van der Waals surface area contributed by atoms with Crippen LogP contribution < -0.4 is 5.32 Å². The molecule has 1 N–H and O–H groups in total. The van der Waals surface area contributed by atoms with Crippen LogP contribution in [0.1, 0.15) is 26.2 Å². The van der Waals surface area contributed by atoms with Gasteiger partial charge in [-0.2, -0.15) is 0 Å². The number of nitrogens with zero attached hydrogens (tertiary/aromatic N) is 1. The Morgan fingerprint density at radius 3 is 2.81 bits per heavy atom. The molecule has 2 unspecified atom stereocenters. The van der Waals surface area contributed by atoms with Gasteiger partial charge in [0.1, 0.15) is 0 Å². The molecule has 5 nitrogen and oxygen atoms in total. The molecule has 2 aliphatic rings. The lowest BCUT2D eigenvalue weighted by Crippen LogP contribution is -2.45. The number of hydrogen-bond donors (Lipinski definition) is 1. The molecule has 2 atom stereocenters. The van der Waals surface area contributed by atoms with Gasteiger partial charge in [0.05, 0.1) is 24.2 Å². The Morgan fingerprint density at radius 2 is 2.25 bits per heavy atom. The van der Waals surface area contributed by atoms with Crippen LogP contribution in [-0.2, 0) is 14.6 Å². The quantitative estimate of drug-likeness (QED) is 0.744. The summed E-state index contributed by atoms with van der Waals surface area (Å²) >= 11 is 0. The normalized spacial score (nSPS) is 33.6. The van der Waals surface area contributed by atoms with E-state index in [-0.39, 0.29) is 29.6 Å². The zero-order chi connectivity index (χ0) is 11.8. The summed E-state index contributed by atoms with van der Waals surface area (Å²) in [5.74, 6) is 0.404. The van der Waals surface area contributed by atoms with Gasteiger partial charge in [-0.15, -0.1) is 0 Å². The Kier molecular flexibility index (Phi) is 3.21. The topological polar surface area (TPSA) is 66.5 Å². The lowest BCUT2D eigenvalue weighted by molar-refractivity contribution is -0.129. The van der Waals surface area contributed by atoms with Gasteiger partial charge >= 0.3 is 0 Å². The molecule has 2 aliphatic heterocycles. The first-order chi connectivity index (χ1) is 7.53. The van der Waals surface area contributed by atoms with E-state index < -0.39 is 9.84 Å². The molecule has 0 aromatic heterocycles. The highest BCUT2D eigenvalue weighted by Crippen LogP contribution is 2.23. The standard InChI is InChI=1S/C10H18N2O3S/c1-2-3-9-11-6-10(13)12(9)8-4-5-16(14,15)7-8/h8-9,11H,2-7H2,1H3. The van der Waals surface area contributed by atoms with E-state index in [9.17, 15) is 13.2 Å². The van der Waals surface area contributed by atoms with Gasteiger partial charge in [-0.05, 0) is 12.8 Å². The Hall–Kier alpha value is -0.620. The predicted octanol–water partition coefficient (Wildman–Crippen LogP) is -0.268. The second kappa shape index (κ2) is 4.33. The molecular formula is C10H18N2O3S. The van der Waals surface area contributed by atoms with Crippen molar-refractivity contribution in [2.24, 2.45) is 0 Å². The molecule has 2 saturated heterocycles. The molecule has 0 aliphatic carbocycles. The molecule has 0 aromatic carbocycles. The number of amides is 1. The average Bonchev–Trinajstić information content (AvgIpc) is 2.71. The first-order valence-corrected chi connectivity index (χ1v) is 7.60. The number of carbonyl (C=O) groups excluding carboxylic acids is 1. The molecule has 0 bridgehead atoms. The van der Waals surface area contributed by atoms with Crippen molar-refractivity contribution in [3.63, 3.8) is 0 Å². The maximum atomic E-state index is 11.7. The minimum Gasteiger partial charge on any atom is -0.322 e. The molecule has 16 heavy (non-hydrogen) atoms. The molecule has 0 aromatic rings. The molecule has 6 heteroatoms. The fraction of sp³-hybridized carbons (Fsp3) is 0.900. The summed E-state index contributed by atoms with van der Waals surface area (Å²) in [5, 5.41) is 3.14. The van der Waals surface area contributed by atoms with Gasteiger partial charge in [0, 0.05) is 6.04 Å². The molecule has 0 saturated carbocycles. The largest absolute Gasteiger partial charge is 0.322 e. The first kappa shape index (κ1) is 11.9. The smallest absolute Gasteiger partial charge is 0.238 e. The second-order valence-corrected chi connectivity index (χ2v) is 6.77. The van der Waals surface area contributed by atoms with Crippen LogP contribution in [0, 0.1) is 0 Å². The van der Waals surface area contributed by atoms with E-state index in [0.29, 0.717) is 13.0 Å². The van der Waals surface area contributed by atoms with Crippen molar-refractivity contribution < 1.29 is 13.2 Å². The lowest BCUT2D eigenvalue weighted by Gasteiger charge is -2.29. The minimum absolute atomic E-state index is 0.0378. The Balaban J connectivity index is 2.09. The van der Waals surface area contributed by atoms with E-state index in [1.807, 2.05) is 0 Å². The van der Waals surface area contributed by atoms with E-state index in [2.05, 4.69) is 12.2 Å². The molecule has 2 heterocycles. The van der Waals surface area contributed by atoms with Gasteiger partial charge in [0.25, 0.3) is 0 Å². The number of hydrogen-bond acceptors (Lipinski definition) is 4. The van der Waals surface area contributed by atoms with Crippen LogP contribution in [0.15, 0.2) is 0 Å². The maximum absolute atomic E-state index is 11.7. The SMILES string of the molecule is CCCC1NCC(=O)N1C1CCS(=O)(=O)C1. The van der Waals surface area contributed by atoms with Crippen LogP contribution in [0.5, 0.6) is 0 Å². The third kappa shape index (κ3) is 2.22.